The molecule has 2 aromatic rings. The summed E-state index contributed by atoms with van der Waals surface area (Å²) in [6.07, 6.45) is 1.29. The predicted octanol–water partition coefficient (Wildman–Crippen LogP) is 4.20. The van der Waals surface area contributed by atoms with Gasteiger partial charge < -0.3 is 19.7 Å². The van der Waals surface area contributed by atoms with E-state index in [9.17, 15) is 9.59 Å². The summed E-state index contributed by atoms with van der Waals surface area (Å²) >= 11 is 1.46. The zero-order valence-corrected chi connectivity index (χ0v) is 18.8. The van der Waals surface area contributed by atoms with Crippen LogP contribution < -0.4 is 10.1 Å². The van der Waals surface area contributed by atoms with E-state index in [1.807, 2.05) is 55.3 Å². The molecule has 0 atom stereocenters. The van der Waals surface area contributed by atoms with Crippen molar-refractivity contribution >= 4 is 23.3 Å². The number of likely N-dealkylation sites (tertiary alicyclic amines) is 1. The van der Waals surface area contributed by atoms with Gasteiger partial charge in [-0.15, -0.1) is 11.3 Å². The molecule has 0 saturated carbocycles. The van der Waals surface area contributed by atoms with Gasteiger partial charge in [0.15, 0.2) is 0 Å². The monoisotopic (exact) mass is 431 g/mol. The lowest BCUT2D eigenvalue weighted by molar-refractivity contribution is 0.0500. The van der Waals surface area contributed by atoms with Crippen LogP contribution in [0.25, 0.3) is 10.6 Å². The summed E-state index contributed by atoms with van der Waals surface area (Å²) in [5.74, 6) is 1.09. The number of carbonyl (C=O) groups is 2. The van der Waals surface area contributed by atoms with E-state index in [0.29, 0.717) is 31.2 Å². The summed E-state index contributed by atoms with van der Waals surface area (Å²) in [4.78, 5) is 31.0. The molecule has 2 heterocycles. The van der Waals surface area contributed by atoms with E-state index in [4.69, 9.17) is 9.47 Å². The number of thiazole rings is 1. The fourth-order valence-electron chi connectivity index (χ4n) is 3.28. The molecule has 0 bridgehead atoms. The largest absolute Gasteiger partial charge is 0.497 e. The van der Waals surface area contributed by atoms with E-state index in [-0.39, 0.29) is 5.91 Å². The van der Waals surface area contributed by atoms with Crippen molar-refractivity contribution in [3.63, 3.8) is 0 Å². The van der Waals surface area contributed by atoms with Crippen LogP contribution in [-0.4, -0.2) is 54.2 Å². The second-order valence-electron chi connectivity index (χ2n) is 8.38. The van der Waals surface area contributed by atoms with Crippen molar-refractivity contribution in [1.82, 2.24) is 15.2 Å². The lowest BCUT2D eigenvalue weighted by Gasteiger charge is -2.31. The Morgan fingerprint density at radius 2 is 1.87 bits per heavy atom. The van der Waals surface area contributed by atoms with Crippen molar-refractivity contribution in [2.24, 2.45) is 5.92 Å². The molecule has 0 spiro atoms. The molecule has 8 heteroatoms. The van der Waals surface area contributed by atoms with E-state index < -0.39 is 11.7 Å². The third-order valence-corrected chi connectivity index (χ3v) is 5.79. The van der Waals surface area contributed by atoms with Gasteiger partial charge in [-0.25, -0.2) is 9.78 Å². The highest BCUT2D eigenvalue weighted by Crippen LogP contribution is 2.27. The topological polar surface area (TPSA) is 80.8 Å². The minimum Gasteiger partial charge on any atom is -0.497 e. The second-order valence-corrected chi connectivity index (χ2v) is 9.24. The molecule has 7 nitrogen and oxygen atoms in total. The fraction of sp³-hybridized carbons (Fsp3) is 0.500. The first-order chi connectivity index (χ1) is 14.2. The van der Waals surface area contributed by atoms with Crippen LogP contribution in [0, 0.1) is 5.92 Å². The van der Waals surface area contributed by atoms with Gasteiger partial charge in [-0.3, -0.25) is 4.79 Å². The highest BCUT2D eigenvalue weighted by atomic mass is 32.1. The van der Waals surface area contributed by atoms with Crippen molar-refractivity contribution in [3.8, 4) is 16.3 Å². The third-order valence-electron chi connectivity index (χ3n) is 4.90. The summed E-state index contributed by atoms with van der Waals surface area (Å²) in [5.41, 5.74) is 0.945. The molecule has 3 rings (SSSR count). The predicted molar refractivity (Wildman–Crippen MR) is 117 cm³/mol. The molecule has 162 valence electrons. The Kier molecular flexibility index (Phi) is 6.97. The Hall–Kier alpha value is -2.61. The van der Waals surface area contributed by atoms with Crippen LogP contribution in [0.1, 0.15) is 44.1 Å². The number of rotatable bonds is 5. The molecule has 1 aromatic heterocycles. The van der Waals surface area contributed by atoms with Crippen LogP contribution in [0.2, 0.25) is 0 Å². The Morgan fingerprint density at radius 1 is 1.20 bits per heavy atom. The number of methoxy groups -OCH3 is 1. The second kappa shape index (κ2) is 9.47. The van der Waals surface area contributed by atoms with Gasteiger partial charge in [0, 0.05) is 30.6 Å². The first-order valence-corrected chi connectivity index (χ1v) is 11.0. The van der Waals surface area contributed by atoms with Gasteiger partial charge in [-0.1, -0.05) is 0 Å². The normalized spacial score (nSPS) is 15.0. The van der Waals surface area contributed by atoms with Gasteiger partial charge in [0.05, 0.1) is 7.11 Å². The summed E-state index contributed by atoms with van der Waals surface area (Å²) in [5, 5.41) is 5.46. The lowest BCUT2D eigenvalue weighted by atomic mass is 9.96. The summed E-state index contributed by atoms with van der Waals surface area (Å²) in [6, 6.07) is 7.65. The van der Waals surface area contributed by atoms with E-state index in [1.165, 1.54) is 11.3 Å². The van der Waals surface area contributed by atoms with Gasteiger partial charge >= 0.3 is 6.09 Å². The number of alkyl carbamates (subject to hydrolysis) is 1. The molecule has 0 radical (unpaired) electrons. The average Bonchev–Trinajstić information content (AvgIpc) is 3.21. The minimum atomic E-state index is -0.502. The summed E-state index contributed by atoms with van der Waals surface area (Å²) < 4.78 is 10.4. The van der Waals surface area contributed by atoms with Crippen molar-refractivity contribution in [3.05, 3.63) is 35.3 Å². The molecule has 30 heavy (non-hydrogen) atoms. The van der Waals surface area contributed by atoms with E-state index in [1.54, 1.807) is 7.11 Å². The molecule has 1 fully saturated rings. The van der Waals surface area contributed by atoms with Crippen LogP contribution >= 0.6 is 11.3 Å². The van der Waals surface area contributed by atoms with E-state index in [0.717, 1.165) is 29.2 Å². The maximum atomic E-state index is 12.8. The van der Waals surface area contributed by atoms with Crippen LogP contribution in [0.5, 0.6) is 5.75 Å². The van der Waals surface area contributed by atoms with Gasteiger partial charge in [-0.05, 0) is 63.8 Å². The van der Waals surface area contributed by atoms with E-state index in [2.05, 4.69) is 10.3 Å². The average molecular weight is 432 g/mol. The first kappa shape index (κ1) is 22.1. The standard InChI is InChI=1S/C22H29N3O4S/c1-22(2,3)29-21(27)23-13-15-9-11-25(12-10-15)20(26)18-14-30-19(24-18)16-5-7-17(28-4)8-6-16/h5-8,14-15H,9-13H2,1-4H3,(H,23,27). The van der Waals surface area contributed by atoms with Gasteiger partial charge in [0.25, 0.3) is 5.91 Å². The molecule has 0 unspecified atom stereocenters. The lowest BCUT2D eigenvalue weighted by Crippen LogP contribution is -2.42. The number of benzene rings is 1. The highest BCUT2D eigenvalue weighted by molar-refractivity contribution is 7.13. The summed E-state index contributed by atoms with van der Waals surface area (Å²) in [6.45, 7) is 7.42. The van der Waals surface area contributed by atoms with Crippen molar-refractivity contribution in [2.75, 3.05) is 26.7 Å². The molecule has 1 aromatic carbocycles. The van der Waals surface area contributed by atoms with Crippen molar-refractivity contribution in [2.45, 2.75) is 39.2 Å². The smallest absolute Gasteiger partial charge is 0.407 e. The Balaban J connectivity index is 1.49. The quantitative estimate of drug-likeness (QED) is 0.768. The van der Waals surface area contributed by atoms with Crippen molar-refractivity contribution < 1.29 is 19.1 Å². The Bertz CT molecular complexity index is 865. The molecule has 1 N–H and O–H groups in total. The fourth-order valence-corrected chi connectivity index (χ4v) is 4.08. The molecular weight excluding hydrogens is 402 g/mol. The molecule has 1 aliphatic heterocycles. The SMILES string of the molecule is COc1ccc(-c2nc(C(=O)N3CCC(CNC(=O)OC(C)(C)C)CC3)cs2)cc1. The zero-order valence-electron chi connectivity index (χ0n) is 17.9. The van der Waals surface area contributed by atoms with Crippen LogP contribution in [0.3, 0.4) is 0 Å². The number of carbonyl (C=O) groups excluding carboxylic acids is 2. The third kappa shape index (κ3) is 5.95. The van der Waals surface area contributed by atoms with Gasteiger partial charge in [0.1, 0.15) is 22.1 Å². The summed E-state index contributed by atoms with van der Waals surface area (Å²) in [7, 11) is 1.63. The minimum absolute atomic E-state index is 0.0374. The highest BCUT2D eigenvalue weighted by Gasteiger charge is 2.26. The zero-order chi connectivity index (χ0) is 21.7. The number of nitrogens with one attached hydrogen (secondary N) is 1. The number of hydrogen-bond donors (Lipinski definition) is 1. The maximum Gasteiger partial charge on any atom is 0.407 e. The Labute approximate surface area is 181 Å². The number of aromatic nitrogens is 1. The maximum absolute atomic E-state index is 12.8. The van der Waals surface area contributed by atoms with Crippen LogP contribution in [0.15, 0.2) is 29.6 Å². The number of hydrogen-bond acceptors (Lipinski definition) is 6. The molecule has 1 saturated heterocycles. The number of ether oxygens (including phenoxy) is 2. The Morgan fingerprint density at radius 3 is 2.47 bits per heavy atom. The number of nitrogens with zero attached hydrogens (tertiary/aromatic N) is 2. The van der Waals surface area contributed by atoms with Gasteiger partial charge in [0.2, 0.25) is 0 Å². The molecular formula is C22H29N3O4S. The number of amides is 2. The van der Waals surface area contributed by atoms with Crippen LogP contribution in [0.4, 0.5) is 4.79 Å². The number of piperidine rings is 1. The first-order valence-electron chi connectivity index (χ1n) is 10.1. The molecule has 1 aliphatic rings. The van der Waals surface area contributed by atoms with Crippen molar-refractivity contribution in [1.29, 1.82) is 0 Å². The molecule has 0 aliphatic carbocycles. The molecule has 2 amide bonds. The van der Waals surface area contributed by atoms with E-state index >= 15 is 0 Å². The van der Waals surface area contributed by atoms with Crippen LogP contribution in [-0.2, 0) is 4.74 Å². The van der Waals surface area contributed by atoms with Gasteiger partial charge in [-0.2, -0.15) is 0 Å².